The SMILES string of the molecule is CCC(C1=CC=CC1)=C(C)C1=[C]([Zr+2])CC1.[Cl-].[Cl-]. The third kappa shape index (κ3) is 3.69. The van der Waals surface area contributed by atoms with Crippen molar-refractivity contribution in [3.05, 3.63) is 43.8 Å². The Balaban J connectivity index is 0.00000128. The zero-order chi connectivity index (χ0) is 10.8. The van der Waals surface area contributed by atoms with Crippen LogP contribution in [0.15, 0.2) is 43.8 Å². The molecule has 2 rings (SSSR count). The van der Waals surface area contributed by atoms with Gasteiger partial charge in [-0.25, -0.2) is 0 Å². The number of hydrogen-bond donors (Lipinski definition) is 0. The molecule has 0 aliphatic heterocycles. The number of rotatable bonds is 3. The minimum atomic E-state index is 0. The third-order valence-corrected chi connectivity index (χ3v) is 4.76. The van der Waals surface area contributed by atoms with Crippen molar-refractivity contribution < 1.29 is 49.5 Å². The predicted octanol–water partition coefficient (Wildman–Crippen LogP) is -1.80. The Kier molecular flexibility index (Phi) is 7.96. The van der Waals surface area contributed by atoms with Crippen LogP contribution in [0.2, 0.25) is 0 Å². The fourth-order valence-corrected chi connectivity index (χ4v) is 3.45. The zero-order valence-corrected chi connectivity index (χ0v) is 14.3. The molecule has 0 radical (unpaired) electrons. The van der Waals surface area contributed by atoms with Crippen molar-refractivity contribution >= 4 is 0 Å². The van der Waals surface area contributed by atoms with Gasteiger partial charge in [0.15, 0.2) is 0 Å². The molecule has 0 spiro atoms. The summed E-state index contributed by atoms with van der Waals surface area (Å²) in [6, 6.07) is 0. The molecule has 0 fully saturated rings. The summed E-state index contributed by atoms with van der Waals surface area (Å²) in [7, 11) is 0. The molecule has 2 aliphatic rings. The Morgan fingerprint density at radius 1 is 1.29 bits per heavy atom. The monoisotopic (exact) mass is 345 g/mol. The maximum Gasteiger partial charge on any atom is -1.00 e. The zero-order valence-electron chi connectivity index (χ0n) is 10.3. The number of allylic oxidation sites excluding steroid dienone is 8. The van der Waals surface area contributed by atoms with Crippen LogP contribution >= 0.6 is 0 Å². The summed E-state index contributed by atoms with van der Waals surface area (Å²) in [5.74, 6) is 0. The van der Waals surface area contributed by atoms with E-state index in [0.717, 1.165) is 6.42 Å². The molecule has 0 aromatic carbocycles. The summed E-state index contributed by atoms with van der Waals surface area (Å²) in [4.78, 5) is 0. The summed E-state index contributed by atoms with van der Waals surface area (Å²) in [5, 5.41) is 0. The van der Waals surface area contributed by atoms with E-state index >= 15 is 0 Å². The Morgan fingerprint density at radius 2 is 2.00 bits per heavy atom. The molecule has 0 N–H and O–H groups in total. The van der Waals surface area contributed by atoms with E-state index in [1.807, 2.05) is 0 Å². The van der Waals surface area contributed by atoms with Crippen LogP contribution in [-0.2, 0) is 24.7 Å². The molecule has 0 bridgehead atoms. The average Bonchev–Trinajstić information content (AvgIpc) is 2.70. The molecule has 3 heteroatoms. The second-order valence-corrected chi connectivity index (χ2v) is 5.72. The fraction of sp³-hybridized carbons (Fsp3) is 0.429. The van der Waals surface area contributed by atoms with E-state index in [9.17, 15) is 0 Å². The van der Waals surface area contributed by atoms with Gasteiger partial charge in [-0.1, -0.05) is 0 Å². The molecule has 0 unspecified atom stereocenters. The molecule has 0 saturated carbocycles. The van der Waals surface area contributed by atoms with Crippen LogP contribution in [-0.4, -0.2) is 0 Å². The topological polar surface area (TPSA) is 0 Å². The van der Waals surface area contributed by atoms with Gasteiger partial charge in [0.25, 0.3) is 0 Å². The van der Waals surface area contributed by atoms with Crippen LogP contribution in [0.3, 0.4) is 0 Å². The Bertz CT molecular complexity index is 400. The van der Waals surface area contributed by atoms with Crippen molar-refractivity contribution in [2.24, 2.45) is 0 Å². The van der Waals surface area contributed by atoms with E-state index in [1.165, 1.54) is 24.8 Å². The molecule has 0 aromatic heterocycles. The van der Waals surface area contributed by atoms with Crippen LogP contribution in [0.1, 0.15) is 39.5 Å². The quantitative estimate of drug-likeness (QED) is 0.565. The van der Waals surface area contributed by atoms with E-state index in [4.69, 9.17) is 0 Å². The summed E-state index contributed by atoms with van der Waals surface area (Å²) < 4.78 is 1.69. The first-order valence-electron chi connectivity index (χ1n) is 5.73. The Labute approximate surface area is 132 Å². The van der Waals surface area contributed by atoms with Crippen LogP contribution in [0, 0.1) is 0 Å². The molecular weight excluding hydrogens is 330 g/mol. The third-order valence-electron chi connectivity index (χ3n) is 3.41. The van der Waals surface area contributed by atoms with E-state index in [1.54, 1.807) is 44.7 Å². The first kappa shape index (κ1) is 17.4. The van der Waals surface area contributed by atoms with Crippen molar-refractivity contribution in [1.29, 1.82) is 0 Å². The van der Waals surface area contributed by atoms with Gasteiger partial charge in [-0.15, -0.1) is 0 Å². The molecular formula is C14H17Cl2Zr. The van der Waals surface area contributed by atoms with Gasteiger partial charge in [0.1, 0.15) is 0 Å². The molecule has 0 amide bonds. The summed E-state index contributed by atoms with van der Waals surface area (Å²) >= 11 is 1.62. The average molecular weight is 347 g/mol. The van der Waals surface area contributed by atoms with Gasteiger partial charge in [-0.3, -0.25) is 0 Å². The largest absolute Gasteiger partial charge is 1.00 e. The number of hydrogen-bond acceptors (Lipinski definition) is 0. The van der Waals surface area contributed by atoms with E-state index in [0.29, 0.717) is 0 Å². The first-order chi connectivity index (χ1) is 7.24. The summed E-state index contributed by atoms with van der Waals surface area (Å²) in [6.45, 7) is 4.59. The minimum absolute atomic E-state index is 0. The molecule has 0 atom stereocenters. The van der Waals surface area contributed by atoms with Gasteiger partial charge in [-0.05, 0) is 0 Å². The fourth-order valence-electron chi connectivity index (χ4n) is 2.38. The molecule has 2 aliphatic carbocycles. The Morgan fingerprint density at radius 3 is 2.35 bits per heavy atom. The second-order valence-electron chi connectivity index (χ2n) is 4.24. The summed E-state index contributed by atoms with van der Waals surface area (Å²) in [6.07, 6.45) is 11.7. The minimum Gasteiger partial charge on any atom is -1.00 e. The maximum atomic E-state index is 2.32. The van der Waals surface area contributed by atoms with Crippen molar-refractivity contribution in [2.45, 2.75) is 39.5 Å². The second kappa shape index (κ2) is 7.77. The number of halogens is 2. The molecule has 0 nitrogen and oxygen atoms in total. The van der Waals surface area contributed by atoms with E-state index in [-0.39, 0.29) is 24.8 Å². The normalized spacial score (nSPS) is 18.9. The van der Waals surface area contributed by atoms with Gasteiger partial charge < -0.3 is 24.8 Å². The standard InChI is InChI=1S/C14H17.2ClH.Zr/c1-3-14(13-7-4-5-8-13)11(2)12-9-6-10-12;;;/h4-5,7H,3,6,8-9H2,1-2H3;2*1H;/q;;;+2/p-2. The van der Waals surface area contributed by atoms with E-state index < -0.39 is 0 Å². The van der Waals surface area contributed by atoms with Gasteiger partial charge in [0.2, 0.25) is 0 Å². The first-order valence-corrected chi connectivity index (χ1v) is 6.96. The van der Waals surface area contributed by atoms with Crippen LogP contribution < -0.4 is 24.8 Å². The van der Waals surface area contributed by atoms with Crippen molar-refractivity contribution in [2.75, 3.05) is 0 Å². The maximum absolute atomic E-state index is 2.32. The smallest absolute Gasteiger partial charge is 1.00 e. The van der Waals surface area contributed by atoms with Crippen molar-refractivity contribution in [3.63, 3.8) is 0 Å². The van der Waals surface area contributed by atoms with Crippen LogP contribution in [0.4, 0.5) is 0 Å². The molecule has 0 saturated heterocycles. The van der Waals surface area contributed by atoms with Crippen molar-refractivity contribution in [3.8, 4) is 0 Å². The molecule has 0 heterocycles. The van der Waals surface area contributed by atoms with Gasteiger partial charge in [-0.2, -0.15) is 0 Å². The van der Waals surface area contributed by atoms with Gasteiger partial charge in [0, 0.05) is 0 Å². The summed E-state index contributed by atoms with van der Waals surface area (Å²) in [5.41, 5.74) is 6.37. The Hall–Kier alpha value is 0.423. The molecule has 0 aromatic rings. The van der Waals surface area contributed by atoms with Crippen LogP contribution in [0.25, 0.3) is 0 Å². The van der Waals surface area contributed by atoms with Gasteiger partial charge in [0.05, 0.1) is 0 Å². The molecule has 91 valence electrons. The van der Waals surface area contributed by atoms with Crippen LogP contribution in [0.5, 0.6) is 0 Å². The predicted molar refractivity (Wildman–Crippen MR) is 61.1 cm³/mol. The molecule has 17 heavy (non-hydrogen) atoms. The van der Waals surface area contributed by atoms with Crippen molar-refractivity contribution in [1.82, 2.24) is 0 Å². The van der Waals surface area contributed by atoms with Gasteiger partial charge >= 0.3 is 108 Å². The van der Waals surface area contributed by atoms with E-state index in [2.05, 4.69) is 32.1 Å².